The third-order valence-electron chi connectivity index (χ3n) is 5.23. The van der Waals surface area contributed by atoms with E-state index in [4.69, 9.17) is 0 Å². The summed E-state index contributed by atoms with van der Waals surface area (Å²) in [6, 6.07) is 11.2. The van der Waals surface area contributed by atoms with E-state index >= 15 is 0 Å². The summed E-state index contributed by atoms with van der Waals surface area (Å²) in [4.78, 5) is 0. The van der Waals surface area contributed by atoms with Crippen molar-refractivity contribution in [2.24, 2.45) is 5.41 Å². The standard InChI is InChI=1S/C17H26/c1-4-5-12-16(2)13-9-14-17(16,3)15-10-7-6-8-11-15/h6-8,10-11H,4-5,9,12-14H2,1-3H3/t16-,17-/m1/s1. The summed E-state index contributed by atoms with van der Waals surface area (Å²) in [5.74, 6) is 0. The van der Waals surface area contributed by atoms with Crippen molar-refractivity contribution in [3.63, 3.8) is 0 Å². The van der Waals surface area contributed by atoms with Gasteiger partial charge < -0.3 is 0 Å². The largest absolute Gasteiger partial charge is 0.0654 e. The molecule has 0 spiro atoms. The van der Waals surface area contributed by atoms with Crippen molar-refractivity contribution in [3.8, 4) is 0 Å². The minimum absolute atomic E-state index is 0.392. The highest BCUT2D eigenvalue weighted by molar-refractivity contribution is 5.29. The van der Waals surface area contributed by atoms with Gasteiger partial charge in [0.25, 0.3) is 0 Å². The van der Waals surface area contributed by atoms with Gasteiger partial charge in [0.1, 0.15) is 0 Å². The molecular formula is C17H26. The van der Waals surface area contributed by atoms with E-state index in [2.05, 4.69) is 51.1 Å². The molecular weight excluding hydrogens is 204 g/mol. The normalized spacial score (nSPS) is 32.9. The molecule has 1 aliphatic carbocycles. The topological polar surface area (TPSA) is 0 Å². The summed E-state index contributed by atoms with van der Waals surface area (Å²) in [5.41, 5.74) is 2.45. The summed E-state index contributed by atoms with van der Waals surface area (Å²) >= 11 is 0. The fourth-order valence-corrected chi connectivity index (χ4v) is 3.68. The molecule has 1 aromatic rings. The first kappa shape index (κ1) is 12.7. The highest BCUT2D eigenvalue weighted by atomic mass is 14.5. The van der Waals surface area contributed by atoms with E-state index in [0.29, 0.717) is 10.8 Å². The molecule has 1 aliphatic rings. The summed E-state index contributed by atoms with van der Waals surface area (Å²) in [6.45, 7) is 7.31. The van der Waals surface area contributed by atoms with Crippen molar-refractivity contribution >= 4 is 0 Å². The predicted molar refractivity (Wildman–Crippen MR) is 75.3 cm³/mol. The highest BCUT2D eigenvalue weighted by Crippen LogP contribution is 2.56. The van der Waals surface area contributed by atoms with Gasteiger partial charge in [-0.3, -0.25) is 0 Å². The zero-order chi connectivity index (χ0) is 12.4. The van der Waals surface area contributed by atoms with Crippen LogP contribution in [0.3, 0.4) is 0 Å². The Morgan fingerprint density at radius 2 is 1.76 bits per heavy atom. The van der Waals surface area contributed by atoms with Gasteiger partial charge in [-0.2, -0.15) is 0 Å². The lowest BCUT2D eigenvalue weighted by Crippen LogP contribution is -2.36. The van der Waals surface area contributed by atoms with Crippen molar-refractivity contribution < 1.29 is 0 Å². The Balaban J connectivity index is 2.29. The molecule has 2 atom stereocenters. The molecule has 1 fully saturated rings. The molecule has 0 heterocycles. The van der Waals surface area contributed by atoms with Crippen LogP contribution in [0.5, 0.6) is 0 Å². The molecule has 0 aliphatic heterocycles. The lowest BCUT2D eigenvalue weighted by Gasteiger charge is -2.42. The molecule has 0 N–H and O–H groups in total. The van der Waals surface area contributed by atoms with Gasteiger partial charge in [-0.05, 0) is 35.7 Å². The van der Waals surface area contributed by atoms with E-state index < -0.39 is 0 Å². The Labute approximate surface area is 106 Å². The van der Waals surface area contributed by atoms with Crippen LogP contribution in [0.4, 0.5) is 0 Å². The smallest absolute Gasteiger partial charge is 0.00215 e. The van der Waals surface area contributed by atoms with Gasteiger partial charge in [0.15, 0.2) is 0 Å². The molecule has 17 heavy (non-hydrogen) atoms. The Bertz CT molecular complexity index is 354. The molecule has 0 unspecified atom stereocenters. The fourth-order valence-electron chi connectivity index (χ4n) is 3.68. The molecule has 0 heteroatoms. The van der Waals surface area contributed by atoms with E-state index in [0.717, 1.165) is 0 Å². The SMILES string of the molecule is CCCC[C@]1(C)CCC[C@]1(C)c1ccccc1. The van der Waals surface area contributed by atoms with Crippen molar-refractivity contribution in [1.82, 2.24) is 0 Å². The minimum Gasteiger partial charge on any atom is -0.0654 e. The van der Waals surface area contributed by atoms with Gasteiger partial charge in [-0.25, -0.2) is 0 Å². The molecule has 94 valence electrons. The van der Waals surface area contributed by atoms with Crippen LogP contribution < -0.4 is 0 Å². The maximum absolute atomic E-state index is 2.52. The second kappa shape index (κ2) is 4.84. The number of hydrogen-bond donors (Lipinski definition) is 0. The van der Waals surface area contributed by atoms with Crippen molar-refractivity contribution in [2.45, 2.75) is 64.7 Å². The molecule has 1 aromatic carbocycles. The third kappa shape index (κ3) is 2.14. The average molecular weight is 230 g/mol. The zero-order valence-corrected chi connectivity index (χ0v) is 11.6. The first-order valence-electron chi connectivity index (χ1n) is 7.18. The van der Waals surface area contributed by atoms with Gasteiger partial charge in [0.2, 0.25) is 0 Å². The van der Waals surface area contributed by atoms with Crippen LogP contribution in [-0.4, -0.2) is 0 Å². The summed E-state index contributed by atoms with van der Waals surface area (Å²) in [5, 5.41) is 0. The summed E-state index contributed by atoms with van der Waals surface area (Å²) in [7, 11) is 0. The molecule has 0 nitrogen and oxygen atoms in total. The molecule has 0 radical (unpaired) electrons. The Hall–Kier alpha value is -0.780. The van der Waals surface area contributed by atoms with E-state index in [1.165, 1.54) is 38.5 Å². The van der Waals surface area contributed by atoms with Crippen LogP contribution in [0.2, 0.25) is 0 Å². The third-order valence-corrected chi connectivity index (χ3v) is 5.23. The maximum atomic E-state index is 2.52. The Kier molecular flexibility index (Phi) is 3.61. The van der Waals surface area contributed by atoms with Crippen molar-refractivity contribution in [2.75, 3.05) is 0 Å². The van der Waals surface area contributed by atoms with Gasteiger partial charge in [0.05, 0.1) is 0 Å². The first-order valence-corrected chi connectivity index (χ1v) is 7.18. The van der Waals surface area contributed by atoms with Gasteiger partial charge in [0, 0.05) is 0 Å². The van der Waals surface area contributed by atoms with E-state index in [-0.39, 0.29) is 0 Å². The number of unbranched alkanes of at least 4 members (excludes halogenated alkanes) is 1. The number of rotatable bonds is 4. The second-order valence-corrected chi connectivity index (χ2v) is 6.22. The Morgan fingerprint density at radius 1 is 1.06 bits per heavy atom. The lowest BCUT2D eigenvalue weighted by atomic mass is 9.62. The maximum Gasteiger partial charge on any atom is -0.00215 e. The number of benzene rings is 1. The molecule has 1 saturated carbocycles. The Morgan fingerprint density at radius 3 is 2.41 bits per heavy atom. The van der Waals surface area contributed by atoms with Crippen LogP contribution in [0, 0.1) is 5.41 Å². The van der Waals surface area contributed by atoms with Gasteiger partial charge in [-0.1, -0.05) is 70.4 Å². The predicted octanol–water partition coefficient (Wildman–Crippen LogP) is 5.32. The molecule has 2 rings (SSSR count). The molecule has 0 bridgehead atoms. The molecule has 0 amide bonds. The average Bonchev–Trinajstić information content (AvgIpc) is 2.66. The summed E-state index contributed by atoms with van der Waals surface area (Å²) in [6.07, 6.45) is 8.23. The quantitative estimate of drug-likeness (QED) is 0.656. The van der Waals surface area contributed by atoms with Gasteiger partial charge in [-0.15, -0.1) is 0 Å². The molecule has 0 aromatic heterocycles. The lowest BCUT2D eigenvalue weighted by molar-refractivity contribution is 0.174. The van der Waals surface area contributed by atoms with Crippen LogP contribution in [0.1, 0.15) is 64.9 Å². The van der Waals surface area contributed by atoms with Crippen LogP contribution >= 0.6 is 0 Å². The summed E-state index contributed by atoms with van der Waals surface area (Å²) < 4.78 is 0. The van der Waals surface area contributed by atoms with Gasteiger partial charge >= 0.3 is 0 Å². The first-order chi connectivity index (χ1) is 8.12. The van der Waals surface area contributed by atoms with E-state index in [9.17, 15) is 0 Å². The fraction of sp³-hybridized carbons (Fsp3) is 0.647. The second-order valence-electron chi connectivity index (χ2n) is 6.22. The minimum atomic E-state index is 0.392. The zero-order valence-electron chi connectivity index (χ0n) is 11.6. The van der Waals surface area contributed by atoms with Crippen LogP contribution in [0.15, 0.2) is 30.3 Å². The number of hydrogen-bond acceptors (Lipinski definition) is 0. The van der Waals surface area contributed by atoms with E-state index in [1.54, 1.807) is 5.56 Å². The van der Waals surface area contributed by atoms with Crippen molar-refractivity contribution in [1.29, 1.82) is 0 Å². The van der Waals surface area contributed by atoms with Crippen molar-refractivity contribution in [3.05, 3.63) is 35.9 Å². The van der Waals surface area contributed by atoms with Crippen LogP contribution in [0.25, 0.3) is 0 Å². The highest BCUT2D eigenvalue weighted by Gasteiger charge is 2.48. The van der Waals surface area contributed by atoms with E-state index in [1.807, 2.05) is 0 Å². The monoisotopic (exact) mass is 230 g/mol. The molecule has 0 saturated heterocycles. The van der Waals surface area contributed by atoms with Crippen LogP contribution in [-0.2, 0) is 5.41 Å².